The molecule has 0 bridgehead atoms. The Hall–Kier alpha value is -1.81. The highest BCUT2D eigenvalue weighted by Gasteiger charge is 2.21. The van der Waals surface area contributed by atoms with Crippen LogP contribution >= 0.6 is 15.9 Å². The fourth-order valence-corrected chi connectivity index (χ4v) is 3.86. The van der Waals surface area contributed by atoms with Crippen LogP contribution in [-0.2, 0) is 16.6 Å². The predicted octanol–water partition coefficient (Wildman–Crippen LogP) is 5.32. The van der Waals surface area contributed by atoms with Crippen molar-refractivity contribution in [1.82, 2.24) is 5.32 Å². The van der Waals surface area contributed by atoms with Gasteiger partial charge in [0.2, 0.25) is 0 Å². The van der Waals surface area contributed by atoms with E-state index in [0.29, 0.717) is 5.75 Å². The minimum Gasteiger partial charge on any atom is -0.483 e. The number of halogens is 1. The van der Waals surface area contributed by atoms with Crippen molar-refractivity contribution in [2.24, 2.45) is 0 Å². The Labute approximate surface area is 164 Å². The molecule has 0 unspecified atom stereocenters. The molecule has 0 fully saturated rings. The van der Waals surface area contributed by atoms with E-state index in [0.717, 1.165) is 23.7 Å². The number of hydrogen-bond acceptors (Lipinski definition) is 2. The average Bonchev–Trinajstić information content (AvgIpc) is 2.60. The highest BCUT2D eigenvalue weighted by Crippen LogP contribution is 2.32. The van der Waals surface area contributed by atoms with Gasteiger partial charge in [0.25, 0.3) is 5.91 Å². The van der Waals surface area contributed by atoms with Gasteiger partial charge in [-0.1, -0.05) is 51.1 Å². The Balaban J connectivity index is 1.60. The molecule has 0 aliphatic heterocycles. The summed E-state index contributed by atoms with van der Waals surface area (Å²) in [6, 6.07) is 14.5. The summed E-state index contributed by atoms with van der Waals surface area (Å²) in [4.78, 5) is 12.4. The van der Waals surface area contributed by atoms with Crippen molar-refractivity contribution in [3.63, 3.8) is 0 Å². The van der Waals surface area contributed by atoms with Crippen molar-refractivity contribution in [1.29, 1.82) is 0 Å². The van der Waals surface area contributed by atoms with E-state index in [1.807, 2.05) is 12.1 Å². The number of fused-ring (bicyclic) bond motifs is 1. The highest BCUT2D eigenvalue weighted by atomic mass is 79.9. The summed E-state index contributed by atoms with van der Waals surface area (Å²) in [6.45, 7) is 6.53. The lowest BCUT2D eigenvalue weighted by atomic mass is 9.87. The molecule has 1 amide bonds. The van der Waals surface area contributed by atoms with Gasteiger partial charge < -0.3 is 10.1 Å². The number of amides is 1. The summed E-state index contributed by atoms with van der Waals surface area (Å²) in [5.74, 6) is 0.607. The van der Waals surface area contributed by atoms with Gasteiger partial charge in [-0.25, -0.2) is 0 Å². The molecule has 1 N–H and O–H groups in total. The van der Waals surface area contributed by atoms with Gasteiger partial charge in [-0.15, -0.1) is 0 Å². The smallest absolute Gasteiger partial charge is 0.258 e. The fraction of sp³-hybridized carbons (Fsp3) is 0.409. The van der Waals surface area contributed by atoms with Crippen LogP contribution in [0.5, 0.6) is 5.75 Å². The third-order valence-electron chi connectivity index (χ3n) is 4.86. The van der Waals surface area contributed by atoms with Crippen LogP contribution in [0.3, 0.4) is 0 Å². The van der Waals surface area contributed by atoms with Crippen LogP contribution in [0.25, 0.3) is 0 Å². The lowest BCUT2D eigenvalue weighted by molar-refractivity contribution is -0.124. The van der Waals surface area contributed by atoms with Crippen LogP contribution < -0.4 is 10.1 Å². The Bertz CT molecular complexity index is 795. The van der Waals surface area contributed by atoms with Crippen LogP contribution in [0.15, 0.2) is 46.9 Å². The molecule has 2 aromatic rings. The average molecular weight is 416 g/mol. The molecule has 0 heterocycles. The summed E-state index contributed by atoms with van der Waals surface area (Å²) in [7, 11) is 0. The van der Waals surface area contributed by atoms with Crippen LogP contribution in [0.2, 0.25) is 0 Å². The molecule has 2 aromatic carbocycles. The number of hydrogen-bond donors (Lipinski definition) is 1. The van der Waals surface area contributed by atoms with Gasteiger partial charge in [0.05, 0.1) is 10.5 Å². The van der Waals surface area contributed by atoms with E-state index in [4.69, 9.17) is 4.74 Å². The molecule has 0 saturated heterocycles. The molecule has 0 saturated carbocycles. The minimum atomic E-state index is -0.0847. The highest BCUT2D eigenvalue weighted by molar-refractivity contribution is 9.10. The number of nitrogens with one attached hydrogen (secondary N) is 1. The zero-order valence-electron chi connectivity index (χ0n) is 15.6. The molecule has 0 aromatic heterocycles. The third-order valence-corrected chi connectivity index (χ3v) is 5.48. The van der Waals surface area contributed by atoms with Crippen LogP contribution in [-0.4, -0.2) is 12.5 Å². The lowest BCUT2D eigenvalue weighted by Crippen LogP contribution is -2.34. The van der Waals surface area contributed by atoms with Gasteiger partial charge in [-0.2, -0.15) is 0 Å². The third kappa shape index (κ3) is 4.47. The molecule has 0 radical (unpaired) electrons. The SMILES string of the molecule is CC(C)(C)c1ccc(OCC(=O)N[C@H]2CCCc3ccccc32)c(Br)c1. The van der Waals surface area contributed by atoms with Crippen molar-refractivity contribution in [2.75, 3.05) is 6.61 Å². The first-order chi connectivity index (χ1) is 12.3. The number of ether oxygens (including phenoxy) is 1. The summed E-state index contributed by atoms with van der Waals surface area (Å²) >= 11 is 3.55. The first-order valence-corrected chi connectivity index (χ1v) is 9.94. The number of benzene rings is 2. The number of aryl methyl sites for hydroxylation is 1. The van der Waals surface area contributed by atoms with Gasteiger partial charge >= 0.3 is 0 Å². The van der Waals surface area contributed by atoms with Gasteiger partial charge in [0, 0.05) is 0 Å². The molecule has 1 aliphatic carbocycles. The van der Waals surface area contributed by atoms with Crippen molar-refractivity contribution in [3.8, 4) is 5.75 Å². The summed E-state index contributed by atoms with van der Waals surface area (Å²) < 4.78 is 6.61. The molecule has 4 heteroatoms. The molecule has 3 nitrogen and oxygen atoms in total. The number of carbonyl (C=O) groups is 1. The summed E-state index contributed by atoms with van der Waals surface area (Å²) in [5.41, 5.74) is 3.88. The van der Waals surface area contributed by atoms with E-state index in [2.05, 4.69) is 72.3 Å². The largest absolute Gasteiger partial charge is 0.483 e. The number of rotatable bonds is 4. The Morgan fingerprint density at radius 2 is 2.00 bits per heavy atom. The molecule has 26 heavy (non-hydrogen) atoms. The molecular weight excluding hydrogens is 390 g/mol. The monoisotopic (exact) mass is 415 g/mol. The zero-order valence-corrected chi connectivity index (χ0v) is 17.2. The Morgan fingerprint density at radius 1 is 1.23 bits per heavy atom. The second-order valence-corrected chi connectivity index (χ2v) is 8.75. The van der Waals surface area contributed by atoms with E-state index < -0.39 is 0 Å². The van der Waals surface area contributed by atoms with Crippen molar-refractivity contribution in [3.05, 3.63) is 63.6 Å². The van der Waals surface area contributed by atoms with Gasteiger partial charge in [-0.05, 0) is 69.4 Å². The zero-order chi connectivity index (χ0) is 18.7. The minimum absolute atomic E-state index is 0.0200. The van der Waals surface area contributed by atoms with E-state index >= 15 is 0 Å². The van der Waals surface area contributed by atoms with Crippen molar-refractivity contribution in [2.45, 2.75) is 51.5 Å². The topological polar surface area (TPSA) is 38.3 Å². The summed E-state index contributed by atoms with van der Waals surface area (Å²) in [5, 5.41) is 3.12. The van der Waals surface area contributed by atoms with E-state index in [-0.39, 0.29) is 24.0 Å². The second kappa shape index (κ2) is 7.83. The first-order valence-electron chi connectivity index (χ1n) is 9.14. The second-order valence-electron chi connectivity index (χ2n) is 7.90. The first kappa shape index (κ1) is 19.0. The quantitative estimate of drug-likeness (QED) is 0.733. The molecule has 1 atom stereocenters. The van der Waals surface area contributed by atoms with E-state index in [1.165, 1.54) is 16.7 Å². The molecular formula is C22H26BrNO2. The van der Waals surface area contributed by atoms with Gasteiger partial charge in [-0.3, -0.25) is 4.79 Å². The standard InChI is InChI=1S/C22H26BrNO2/c1-22(2,3)16-11-12-20(18(23)13-16)26-14-21(25)24-19-10-6-8-15-7-4-5-9-17(15)19/h4-5,7,9,11-13,19H,6,8,10,14H2,1-3H3,(H,24,25)/t19-/m0/s1. The number of carbonyl (C=O) groups excluding carboxylic acids is 1. The maximum atomic E-state index is 12.4. The van der Waals surface area contributed by atoms with Gasteiger partial charge in [0.15, 0.2) is 6.61 Å². The Kier molecular flexibility index (Phi) is 5.71. The molecule has 1 aliphatic rings. The molecule has 3 rings (SSSR count). The predicted molar refractivity (Wildman–Crippen MR) is 109 cm³/mol. The van der Waals surface area contributed by atoms with E-state index in [1.54, 1.807) is 0 Å². The van der Waals surface area contributed by atoms with Crippen LogP contribution in [0.4, 0.5) is 0 Å². The summed E-state index contributed by atoms with van der Waals surface area (Å²) in [6.07, 6.45) is 3.17. The van der Waals surface area contributed by atoms with Crippen molar-refractivity contribution >= 4 is 21.8 Å². The normalized spacial score (nSPS) is 16.7. The van der Waals surface area contributed by atoms with Gasteiger partial charge in [0.1, 0.15) is 5.75 Å². The fourth-order valence-electron chi connectivity index (χ4n) is 3.37. The molecule has 138 valence electrons. The van der Waals surface area contributed by atoms with E-state index in [9.17, 15) is 4.79 Å². The Morgan fingerprint density at radius 3 is 2.73 bits per heavy atom. The van der Waals surface area contributed by atoms with Crippen molar-refractivity contribution < 1.29 is 9.53 Å². The molecule has 0 spiro atoms. The lowest BCUT2D eigenvalue weighted by Gasteiger charge is -2.26. The maximum absolute atomic E-state index is 12.4. The van der Waals surface area contributed by atoms with Crippen LogP contribution in [0.1, 0.15) is 56.3 Å². The van der Waals surface area contributed by atoms with Crippen LogP contribution in [0, 0.1) is 0 Å². The maximum Gasteiger partial charge on any atom is 0.258 e.